The van der Waals surface area contributed by atoms with Crippen LogP contribution in [0.4, 0.5) is 13.2 Å². The Morgan fingerprint density at radius 3 is 2.33 bits per heavy atom. The molecule has 0 spiro atoms. The molecule has 190 valence electrons. The van der Waals surface area contributed by atoms with Crippen LogP contribution in [0, 0.1) is 11.3 Å². The van der Waals surface area contributed by atoms with E-state index in [1.165, 1.54) is 0 Å². The van der Waals surface area contributed by atoms with Crippen molar-refractivity contribution < 1.29 is 32.2 Å². The second-order valence-corrected chi connectivity index (χ2v) is 8.44. The zero-order valence-corrected chi connectivity index (χ0v) is 19.8. The van der Waals surface area contributed by atoms with Gasteiger partial charge in [-0.1, -0.05) is 17.7 Å². The van der Waals surface area contributed by atoms with Gasteiger partial charge in [-0.15, -0.1) is 0 Å². The van der Waals surface area contributed by atoms with Gasteiger partial charge in [0.1, 0.15) is 30.3 Å². The fraction of sp³-hybridized carbons (Fsp3) is 0.320. The highest BCUT2D eigenvalue weighted by atomic mass is 35.5. The van der Waals surface area contributed by atoms with E-state index in [-0.39, 0.29) is 31.1 Å². The van der Waals surface area contributed by atoms with E-state index in [0.717, 1.165) is 36.6 Å². The maximum absolute atomic E-state index is 13.0. The average molecular weight is 522 g/mol. The average Bonchev–Trinajstić information content (AvgIpc) is 3.61. The third kappa shape index (κ3) is 7.39. The molecule has 0 unspecified atom stereocenters. The number of hydrogen-bond donors (Lipinski definition) is 2. The molecular formula is C25H23ClF3N3O4. The molecule has 36 heavy (non-hydrogen) atoms. The van der Waals surface area contributed by atoms with Crippen LogP contribution in [0.3, 0.4) is 0 Å². The quantitative estimate of drug-likeness (QED) is 0.449. The molecule has 1 aliphatic carbocycles. The van der Waals surface area contributed by atoms with E-state index in [1.54, 1.807) is 24.3 Å². The number of amides is 2. The van der Waals surface area contributed by atoms with E-state index in [9.17, 15) is 22.8 Å². The number of alkyl halides is 3. The summed E-state index contributed by atoms with van der Waals surface area (Å²) in [5.74, 6) is -0.116. The Labute approximate surface area is 210 Å². The molecule has 11 heteroatoms. The van der Waals surface area contributed by atoms with Crippen molar-refractivity contribution in [3.63, 3.8) is 0 Å². The van der Waals surface area contributed by atoms with Crippen LogP contribution < -0.4 is 20.1 Å². The molecule has 0 saturated heterocycles. The minimum Gasteiger partial charge on any atom is -0.489 e. The van der Waals surface area contributed by atoms with Crippen LogP contribution >= 0.6 is 11.6 Å². The van der Waals surface area contributed by atoms with Crippen LogP contribution in [0.25, 0.3) is 0 Å². The van der Waals surface area contributed by atoms with Crippen molar-refractivity contribution in [2.75, 3.05) is 19.8 Å². The summed E-state index contributed by atoms with van der Waals surface area (Å²) in [5, 5.41) is 13.9. The Morgan fingerprint density at radius 2 is 1.78 bits per heavy atom. The fourth-order valence-electron chi connectivity index (χ4n) is 3.18. The fourth-order valence-corrected chi connectivity index (χ4v) is 3.43. The zero-order chi connectivity index (χ0) is 26.2. The highest BCUT2D eigenvalue weighted by Crippen LogP contribution is 2.34. The number of rotatable bonds is 2. The van der Waals surface area contributed by atoms with E-state index in [0.29, 0.717) is 23.6 Å². The first kappa shape index (κ1) is 26.9. The van der Waals surface area contributed by atoms with Crippen LogP contribution in [0.2, 0.25) is 5.02 Å². The van der Waals surface area contributed by atoms with Gasteiger partial charge in [-0.25, -0.2) is 0 Å². The lowest BCUT2D eigenvalue weighted by Gasteiger charge is -2.14. The van der Waals surface area contributed by atoms with Crippen molar-refractivity contribution in [3.8, 4) is 17.6 Å². The maximum atomic E-state index is 13.0. The largest absolute Gasteiger partial charge is 0.489 e. The molecule has 2 aliphatic heterocycles. The minimum atomic E-state index is -4.53. The number of carbonyl (C=O) groups excluding carboxylic acids is 2. The van der Waals surface area contributed by atoms with Crippen LogP contribution in [-0.4, -0.2) is 37.6 Å². The first-order chi connectivity index (χ1) is 17.2. The number of carbonyl (C=O) groups is 2. The van der Waals surface area contributed by atoms with Gasteiger partial charge in [0.2, 0.25) is 6.41 Å². The Hall–Kier alpha value is -3.71. The molecule has 2 aromatic rings. The SMILES string of the molecule is N#CC1(NC=O)CC1.O=C1NCCc2ccc(c(Cl)c2)OC/C=C/COc2cc(C(F)(F)F)ccc21. The van der Waals surface area contributed by atoms with Gasteiger partial charge in [-0.2, -0.15) is 18.4 Å². The first-order valence-electron chi connectivity index (χ1n) is 11.0. The summed E-state index contributed by atoms with van der Waals surface area (Å²) in [4.78, 5) is 22.2. The number of nitriles is 1. The summed E-state index contributed by atoms with van der Waals surface area (Å²) in [6.45, 7) is 0.492. The summed E-state index contributed by atoms with van der Waals surface area (Å²) in [6.07, 6.45) is 1.42. The highest BCUT2D eigenvalue weighted by Gasteiger charge is 2.42. The molecule has 2 bridgehead atoms. The standard InChI is InChI=1S/C20H17ClF3NO3.C5H6N2O/c21-16-11-13-3-6-17(16)27-9-1-2-10-28-18-12-14(20(22,23)24)4-5-15(18)19(26)25-8-7-13;6-3-5(1-2-5)7-4-8/h1-6,11-12H,7-10H2,(H,25,26);4H,1-2H2,(H,7,8)/b2-1+;. The van der Waals surface area contributed by atoms with Gasteiger partial charge in [-0.05, 0) is 67.3 Å². The van der Waals surface area contributed by atoms with E-state index >= 15 is 0 Å². The third-order valence-electron chi connectivity index (χ3n) is 5.39. The summed E-state index contributed by atoms with van der Waals surface area (Å²) in [5.41, 5.74) is -0.417. The van der Waals surface area contributed by atoms with Crippen molar-refractivity contribution in [2.45, 2.75) is 31.0 Å². The van der Waals surface area contributed by atoms with E-state index in [1.807, 2.05) is 12.1 Å². The van der Waals surface area contributed by atoms with Crippen LogP contribution in [0.15, 0.2) is 48.6 Å². The lowest BCUT2D eigenvalue weighted by Crippen LogP contribution is -2.27. The summed E-state index contributed by atoms with van der Waals surface area (Å²) < 4.78 is 49.9. The molecule has 2 N–H and O–H groups in total. The molecule has 0 radical (unpaired) electrons. The smallest absolute Gasteiger partial charge is 0.416 e. The van der Waals surface area contributed by atoms with Crippen molar-refractivity contribution in [2.24, 2.45) is 0 Å². The number of fused-ring (bicyclic) bond motifs is 9. The van der Waals surface area contributed by atoms with Gasteiger partial charge in [-0.3, -0.25) is 9.59 Å². The lowest BCUT2D eigenvalue weighted by molar-refractivity contribution is -0.137. The van der Waals surface area contributed by atoms with Gasteiger partial charge in [0.25, 0.3) is 5.91 Å². The molecule has 2 heterocycles. The number of nitrogens with one attached hydrogen (secondary N) is 2. The van der Waals surface area contributed by atoms with Gasteiger partial charge >= 0.3 is 6.18 Å². The second-order valence-electron chi connectivity index (χ2n) is 8.03. The Bertz CT molecular complexity index is 1170. The second kappa shape index (κ2) is 11.8. The molecule has 0 atom stereocenters. The molecule has 1 fully saturated rings. The van der Waals surface area contributed by atoms with E-state index < -0.39 is 23.2 Å². The van der Waals surface area contributed by atoms with Gasteiger partial charge in [0, 0.05) is 6.54 Å². The number of benzene rings is 2. The minimum absolute atomic E-state index is 0.0162. The lowest BCUT2D eigenvalue weighted by atomic mass is 10.1. The monoisotopic (exact) mass is 521 g/mol. The van der Waals surface area contributed by atoms with Gasteiger partial charge < -0.3 is 20.1 Å². The summed E-state index contributed by atoms with van der Waals surface area (Å²) in [7, 11) is 0. The molecule has 5 rings (SSSR count). The molecule has 1 saturated carbocycles. The normalized spacial score (nSPS) is 17.5. The van der Waals surface area contributed by atoms with Crippen molar-refractivity contribution >= 4 is 23.9 Å². The van der Waals surface area contributed by atoms with Gasteiger partial charge in [0.15, 0.2) is 0 Å². The third-order valence-corrected chi connectivity index (χ3v) is 5.68. The summed E-state index contributed by atoms with van der Waals surface area (Å²) in [6, 6.07) is 10.2. The number of nitrogens with zero attached hydrogens (tertiary/aromatic N) is 1. The van der Waals surface area contributed by atoms with Gasteiger partial charge in [0.05, 0.1) is 22.2 Å². The zero-order valence-electron chi connectivity index (χ0n) is 19.0. The van der Waals surface area contributed by atoms with Crippen molar-refractivity contribution in [1.82, 2.24) is 10.6 Å². The molecule has 3 aliphatic rings. The van der Waals surface area contributed by atoms with Crippen LogP contribution in [0.5, 0.6) is 11.5 Å². The molecule has 2 amide bonds. The molecule has 0 aromatic heterocycles. The van der Waals surface area contributed by atoms with Crippen LogP contribution in [0.1, 0.15) is 34.3 Å². The Morgan fingerprint density at radius 1 is 1.08 bits per heavy atom. The highest BCUT2D eigenvalue weighted by molar-refractivity contribution is 6.32. The molecule has 7 nitrogen and oxygen atoms in total. The Balaban J connectivity index is 0.000000383. The first-order valence-corrected chi connectivity index (χ1v) is 11.4. The number of halogens is 4. The predicted octanol–water partition coefficient (Wildman–Crippen LogP) is 4.45. The van der Waals surface area contributed by atoms with Crippen LogP contribution in [-0.2, 0) is 17.4 Å². The Kier molecular flexibility index (Phi) is 8.83. The molecule has 2 aromatic carbocycles. The van der Waals surface area contributed by atoms with Crippen molar-refractivity contribution in [1.29, 1.82) is 5.26 Å². The molecular weight excluding hydrogens is 499 g/mol. The topological polar surface area (TPSA) is 100 Å². The van der Waals surface area contributed by atoms with E-state index in [4.69, 9.17) is 26.3 Å². The number of hydrogen-bond acceptors (Lipinski definition) is 5. The predicted molar refractivity (Wildman–Crippen MR) is 126 cm³/mol. The summed E-state index contributed by atoms with van der Waals surface area (Å²) >= 11 is 6.19. The maximum Gasteiger partial charge on any atom is 0.416 e. The van der Waals surface area contributed by atoms with Crippen molar-refractivity contribution in [3.05, 3.63) is 70.3 Å². The van der Waals surface area contributed by atoms with E-state index in [2.05, 4.69) is 10.6 Å². The number of ether oxygens (including phenoxy) is 2.